The number of hydrogen-bond acceptors (Lipinski definition) is 5. The SMILES string of the molecule is COc1ccc(S(=O)(=O)N2CC[C@H](O)C2)c(N)c1. The van der Waals surface area contributed by atoms with E-state index in [0.717, 1.165) is 0 Å². The van der Waals surface area contributed by atoms with Gasteiger partial charge < -0.3 is 15.6 Å². The molecular weight excluding hydrogens is 256 g/mol. The molecule has 100 valence electrons. The number of nitrogen functional groups attached to an aromatic ring is 1. The van der Waals surface area contributed by atoms with Crippen LogP contribution in [0.1, 0.15) is 6.42 Å². The molecule has 0 saturated carbocycles. The zero-order chi connectivity index (χ0) is 13.3. The molecule has 1 heterocycles. The Morgan fingerprint density at radius 3 is 2.72 bits per heavy atom. The Balaban J connectivity index is 2.36. The number of aliphatic hydroxyl groups is 1. The average molecular weight is 272 g/mol. The van der Waals surface area contributed by atoms with Crippen LogP contribution in [0, 0.1) is 0 Å². The molecule has 3 N–H and O–H groups in total. The van der Waals surface area contributed by atoms with Crippen molar-refractivity contribution in [3.8, 4) is 5.75 Å². The standard InChI is InChI=1S/C11H16N2O4S/c1-17-9-2-3-11(10(12)6-9)18(15,16)13-5-4-8(14)7-13/h2-3,6,8,14H,4-5,7,12H2,1H3/t8-/m0/s1. The van der Waals surface area contributed by atoms with E-state index in [4.69, 9.17) is 10.5 Å². The summed E-state index contributed by atoms with van der Waals surface area (Å²) in [5, 5.41) is 9.40. The zero-order valence-corrected chi connectivity index (χ0v) is 10.9. The lowest BCUT2D eigenvalue weighted by atomic mass is 10.3. The number of benzene rings is 1. The quantitative estimate of drug-likeness (QED) is 0.757. The lowest BCUT2D eigenvalue weighted by Gasteiger charge is -2.17. The number of sulfonamides is 1. The third kappa shape index (κ3) is 2.29. The fourth-order valence-corrected chi connectivity index (χ4v) is 3.55. The van der Waals surface area contributed by atoms with Crippen LogP contribution >= 0.6 is 0 Å². The van der Waals surface area contributed by atoms with Gasteiger partial charge >= 0.3 is 0 Å². The molecule has 1 aromatic carbocycles. The van der Waals surface area contributed by atoms with Crippen LogP contribution in [-0.2, 0) is 10.0 Å². The molecule has 0 spiro atoms. The van der Waals surface area contributed by atoms with Gasteiger partial charge in [0.2, 0.25) is 10.0 Å². The Kier molecular flexibility index (Phi) is 3.47. The Hall–Kier alpha value is -1.31. The minimum atomic E-state index is -3.63. The summed E-state index contributed by atoms with van der Waals surface area (Å²) in [4.78, 5) is 0.0531. The van der Waals surface area contributed by atoms with Gasteiger partial charge in [-0.3, -0.25) is 0 Å². The van der Waals surface area contributed by atoms with Crippen molar-refractivity contribution in [2.45, 2.75) is 17.4 Å². The fraction of sp³-hybridized carbons (Fsp3) is 0.455. The summed E-state index contributed by atoms with van der Waals surface area (Å²) in [5.74, 6) is 0.507. The van der Waals surface area contributed by atoms with Crippen molar-refractivity contribution < 1.29 is 18.3 Å². The second-order valence-electron chi connectivity index (χ2n) is 4.21. The number of nitrogens with two attached hydrogens (primary N) is 1. The molecule has 0 bridgehead atoms. The minimum Gasteiger partial charge on any atom is -0.497 e. The van der Waals surface area contributed by atoms with Crippen molar-refractivity contribution >= 4 is 15.7 Å². The van der Waals surface area contributed by atoms with E-state index in [-0.39, 0.29) is 17.1 Å². The molecule has 18 heavy (non-hydrogen) atoms. The van der Waals surface area contributed by atoms with Crippen LogP contribution in [-0.4, -0.2) is 44.1 Å². The van der Waals surface area contributed by atoms with E-state index in [1.54, 1.807) is 6.07 Å². The van der Waals surface area contributed by atoms with Gasteiger partial charge in [-0.25, -0.2) is 8.42 Å². The normalized spacial score (nSPS) is 21.1. The number of aliphatic hydroxyl groups excluding tert-OH is 1. The number of methoxy groups -OCH3 is 1. The molecule has 1 saturated heterocycles. The topological polar surface area (TPSA) is 92.9 Å². The van der Waals surface area contributed by atoms with E-state index in [9.17, 15) is 13.5 Å². The summed E-state index contributed by atoms with van der Waals surface area (Å²) in [6, 6.07) is 4.45. The highest BCUT2D eigenvalue weighted by molar-refractivity contribution is 7.89. The van der Waals surface area contributed by atoms with E-state index >= 15 is 0 Å². The smallest absolute Gasteiger partial charge is 0.245 e. The van der Waals surface area contributed by atoms with Crippen LogP contribution in [0.4, 0.5) is 5.69 Å². The van der Waals surface area contributed by atoms with Crippen molar-refractivity contribution in [1.82, 2.24) is 4.31 Å². The van der Waals surface area contributed by atoms with Gasteiger partial charge in [0.15, 0.2) is 0 Å². The number of anilines is 1. The summed E-state index contributed by atoms with van der Waals surface area (Å²) >= 11 is 0. The van der Waals surface area contributed by atoms with Gasteiger partial charge in [0.05, 0.1) is 18.9 Å². The van der Waals surface area contributed by atoms with Crippen LogP contribution in [0.15, 0.2) is 23.1 Å². The highest BCUT2D eigenvalue weighted by atomic mass is 32.2. The van der Waals surface area contributed by atoms with Crippen LogP contribution in [0.3, 0.4) is 0 Å². The highest BCUT2D eigenvalue weighted by Gasteiger charge is 2.32. The summed E-state index contributed by atoms with van der Waals surface area (Å²) in [6.07, 6.45) is -0.144. The first kappa shape index (κ1) is 13.1. The summed E-state index contributed by atoms with van der Waals surface area (Å²) in [6.45, 7) is 0.433. The molecule has 0 amide bonds. The second kappa shape index (κ2) is 4.75. The van der Waals surface area contributed by atoms with Gasteiger partial charge in [0.1, 0.15) is 10.6 Å². The van der Waals surface area contributed by atoms with E-state index in [1.807, 2.05) is 0 Å². The first-order valence-corrected chi connectivity index (χ1v) is 7.01. The van der Waals surface area contributed by atoms with Crippen molar-refractivity contribution in [3.05, 3.63) is 18.2 Å². The third-order valence-corrected chi connectivity index (χ3v) is 4.90. The predicted octanol–water partition coefficient (Wildman–Crippen LogP) is 0.0327. The van der Waals surface area contributed by atoms with Crippen LogP contribution in [0.5, 0.6) is 5.75 Å². The first-order chi connectivity index (χ1) is 8.45. The van der Waals surface area contributed by atoms with Crippen LogP contribution < -0.4 is 10.5 Å². The first-order valence-electron chi connectivity index (χ1n) is 5.57. The number of rotatable bonds is 3. The molecule has 1 fully saturated rings. The van der Waals surface area contributed by atoms with Gasteiger partial charge in [-0.1, -0.05) is 0 Å². The van der Waals surface area contributed by atoms with Gasteiger partial charge in [-0.15, -0.1) is 0 Å². The molecule has 7 heteroatoms. The van der Waals surface area contributed by atoms with Crippen molar-refractivity contribution in [2.24, 2.45) is 0 Å². The van der Waals surface area contributed by atoms with Crippen molar-refractivity contribution in [2.75, 3.05) is 25.9 Å². The van der Waals surface area contributed by atoms with E-state index in [0.29, 0.717) is 18.7 Å². The van der Waals surface area contributed by atoms with Crippen LogP contribution in [0.25, 0.3) is 0 Å². The largest absolute Gasteiger partial charge is 0.497 e. The van der Waals surface area contributed by atoms with Crippen LogP contribution in [0.2, 0.25) is 0 Å². The molecule has 0 aromatic heterocycles. The molecule has 1 aromatic rings. The summed E-state index contributed by atoms with van der Waals surface area (Å²) in [7, 11) is -2.15. The lowest BCUT2D eigenvalue weighted by molar-refractivity contribution is 0.189. The minimum absolute atomic E-state index is 0.0531. The van der Waals surface area contributed by atoms with E-state index in [2.05, 4.69) is 0 Å². The number of nitrogens with zero attached hydrogens (tertiary/aromatic N) is 1. The monoisotopic (exact) mass is 272 g/mol. The third-order valence-electron chi connectivity index (χ3n) is 2.96. The number of ether oxygens (including phenoxy) is 1. The van der Waals surface area contributed by atoms with E-state index < -0.39 is 16.1 Å². The molecule has 1 atom stereocenters. The van der Waals surface area contributed by atoms with Crippen molar-refractivity contribution in [3.63, 3.8) is 0 Å². The summed E-state index contributed by atoms with van der Waals surface area (Å²) < 4.78 is 30.8. The maximum Gasteiger partial charge on any atom is 0.245 e. The van der Waals surface area contributed by atoms with Gasteiger partial charge in [-0.2, -0.15) is 4.31 Å². The summed E-state index contributed by atoms with van der Waals surface area (Å²) in [5.41, 5.74) is 5.89. The maximum absolute atomic E-state index is 12.3. The lowest BCUT2D eigenvalue weighted by Crippen LogP contribution is -2.30. The predicted molar refractivity (Wildman–Crippen MR) is 66.8 cm³/mol. The highest BCUT2D eigenvalue weighted by Crippen LogP contribution is 2.28. The maximum atomic E-state index is 12.3. The molecule has 1 aliphatic heterocycles. The van der Waals surface area contributed by atoms with Gasteiger partial charge in [-0.05, 0) is 18.6 Å². The van der Waals surface area contributed by atoms with Gasteiger partial charge in [0.25, 0.3) is 0 Å². The molecule has 6 nitrogen and oxygen atoms in total. The second-order valence-corrected chi connectivity index (χ2v) is 6.12. The molecular formula is C11H16N2O4S. The zero-order valence-electron chi connectivity index (χ0n) is 10.0. The van der Waals surface area contributed by atoms with Crippen molar-refractivity contribution in [1.29, 1.82) is 0 Å². The Labute approximate surface area is 106 Å². The van der Waals surface area contributed by atoms with E-state index in [1.165, 1.54) is 23.5 Å². The Morgan fingerprint density at radius 2 is 2.22 bits per heavy atom. The molecule has 2 rings (SSSR count). The Morgan fingerprint density at radius 1 is 1.50 bits per heavy atom. The fourth-order valence-electron chi connectivity index (χ4n) is 1.96. The molecule has 0 aliphatic carbocycles. The number of hydrogen-bond donors (Lipinski definition) is 2. The Bertz CT molecular complexity index is 544. The number of β-amino-alcohol motifs (C(OH)–C–C–N with tert-alkyl or cyclic N) is 1. The average Bonchev–Trinajstić information content (AvgIpc) is 2.76. The molecule has 0 unspecified atom stereocenters. The molecule has 0 radical (unpaired) electrons. The van der Waals surface area contributed by atoms with Gasteiger partial charge in [0, 0.05) is 19.2 Å². The molecule has 1 aliphatic rings.